The first-order valence-electron chi connectivity index (χ1n) is 3.82. The molecule has 2 aromatic heterocycles. The van der Waals surface area contributed by atoms with Gasteiger partial charge < -0.3 is 4.74 Å². The summed E-state index contributed by atoms with van der Waals surface area (Å²) >= 11 is 1.59. The average molecular weight is 195 g/mol. The summed E-state index contributed by atoms with van der Waals surface area (Å²) in [6.07, 6.45) is 3.58. The second-order valence-electron chi connectivity index (χ2n) is 2.55. The van der Waals surface area contributed by atoms with Crippen LogP contribution in [0.1, 0.15) is 5.01 Å². The van der Waals surface area contributed by atoms with Crippen molar-refractivity contribution in [3.63, 3.8) is 0 Å². The summed E-state index contributed by atoms with van der Waals surface area (Å²) in [4.78, 5) is 4.38. The molecule has 13 heavy (non-hydrogen) atoms. The van der Waals surface area contributed by atoms with Gasteiger partial charge >= 0.3 is 0 Å². The largest absolute Gasteiger partial charge is 0.378 e. The van der Waals surface area contributed by atoms with Crippen molar-refractivity contribution in [1.29, 1.82) is 0 Å². The third kappa shape index (κ3) is 1.76. The Labute approximate surface area is 79.6 Å². The lowest BCUT2D eigenvalue weighted by molar-refractivity contribution is 0.184. The van der Waals surface area contributed by atoms with Gasteiger partial charge in [0.25, 0.3) is 0 Å². The van der Waals surface area contributed by atoms with Gasteiger partial charge in [0.2, 0.25) is 0 Å². The number of nitrogens with zero attached hydrogens (tertiary/aromatic N) is 2. The fourth-order valence-electron chi connectivity index (χ4n) is 1.02. The quantitative estimate of drug-likeness (QED) is 0.810. The number of nitrogens with one attached hydrogen (secondary N) is 1. The van der Waals surface area contributed by atoms with E-state index in [4.69, 9.17) is 4.74 Å². The third-order valence-electron chi connectivity index (χ3n) is 1.61. The van der Waals surface area contributed by atoms with Crippen molar-refractivity contribution >= 4 is 11.3 Å². The Morgan fingerprint density at radius 2 is 2.54 bits per heavy atom. The maximum absolute atomic E-state index is 4.98. The average Bonchev–Trinajstić information content (AvgIpc) is 2.70. The first kappa shape index (κ1) is 8.40. The molecule has 0 saturated heterocycles. The van der Waals surface area contributed by atoms with E-state index in [0.717, 1.165) is 16.3 Å². The van der Waals surface area contributed by atoms with Gasteiger partial charge in [-0.3, -0.25) is 5.10 Å². The molecule has 0 aliphatic rings. The summed E-state index contributed by atoms with van der Waals surface area (Å²) in [5.41, 5.74) is 1.96. The Hall–Kier alpha value is -1.20. The van der Waals surface area contributed by atoms with Crippen molar-refractivity contribution in [2.24, 2.45) is 0 Å². The van der Waals surface area contributed by atoms with Gasteiger partial charge in [0, 0.05) is 24.3 Å². The lowest BCUT2D eigenvalue weighted by Crippen LogP contribution is -1.85. The summed E-state index contributed by atoms with van der Waals surface area (Å²) in [7, 11) is 1.67. The van der Waals surface area contributed by atoms with E-state index in [0.29, 0.717) is 6.61 Å². The number of rotatable bonds is 3. The van der Waals surface area contributed by atoms with Crippen LogP contribution < -0.4 is 0 Å². The monoisotopic (exact) mass is 195 g/mol. The first-order chi connectivity index (χ1) is 6.40. The van der Waals surface area contributed by atoms with Crippen LogP contribution in [0.25, 0.3) is 11.3 Å². The summed E-state index contributed by atoms with van der Waals surface area (Å²) in [6, 6.07) is 0. The molecule has 0 fully saturated rings. The minimum atomic E-state index is 0.572. The molecular weight excluding hydrogens is 186 g/mol. The van der Waals surface area contributed by atoms with Crippen molar-refractivity contribution < 1.29 is 4.74 Å². The van der Waals surface area contributed by atoms with E-state index >= 15 is 0 Å². The normalized spacial score (nSPS) is 10.5. The highest BCUT2D eigenvalue weighted by molar-refractivity contribution is 7.09. The Morgan fingerprint density at radius 3 is 3.23 bits per heavy atom. The van der Waals surface area contributed by atoms with E-state index in [9.17, 15) is 0 Å². The van der Waals surface area contributed by atoms with Crippen LogP contribution in [0.4, 0.5) is 0 Å². The van der Waals surface area contributed by atoms with Gasteiger partial charge in [0.05, 0.1) is 18.5 Å². The first-order valence-corrected chi connectivity index (χ1v) is 4.70. The number of H-pyrrole nitrogens is 1. The molecule has 0 atom stereocenters. The lowest BCUT2D eigenvalue weighted by Gasteiger charge is -1.90. The zero-order valence-corrected chi connectivity index (χ0v) is 7.97. The van der Waals surface area contributed by atoms with Crippen molar-refractivity contribution in [3.05, 3.63) is 22.8 Å². The number of methoxy groups -OCH3 is 1. The van der Waals surface area contributed by atoms with Crippen LogP contribution in [0.5, 0.6) is 0 Å². The van der Waals surface area contributed by atoms with Crippen LogP contribution in [0.3, 0.4) is 0 Å². The smallest absolute Gasteiger partial charge is 0.119 e. The highest BCUT2D eigenvalue weighted by atomic mass is 32.1. The molecule has 0 unspecified atom stereocenters. The Balaban J connectivity index is 2.23. The molecule has 68 valence electrons. The summed E-state index contributed by atoms with van der Waals surface area (Å²) in [6.45, 7) is 0.572. The van der Waals surface area contributed by atoms with Gasteiger partial charge in [0.1, 0.15) is 5.01 Å². The summed E-state index contributed by atoms with van der Waals surface area (Å²) < 4.78 is 4.98. The fraction of sp³-hybridized carbons (Fsp3) is 0.250. The van der Waals surface area contributed by atoms with Crippen molar-refractivity contribution in [1.82, 2.24) is 15.2 Å². The zero-order valence-electron chi connectivity index (χ0n) is 7.15. The maximum Gasteiger partial charge on any atom is 0.119 e. The number of hydrogen-bond donors (Lipinski definition) is 1. The van der Waals surface area contributed by atoms with Crippen molar-refractivity contribution in [2.75, 3.05) is 7.11 Å². The molecule has 1 N–H and O–H groups in total. The molecule has 0 saturated carbocycles. The highest BCUT2D eigenvalue weighted by Gasteiger charge is 2.04. The zero-order chi connectivity index (χ0) is 9.10. The van der Waals surface area contributed by atoms with Gasteiger partial charge in [-0.1, -0.05) is 0 Å². The molecule has 0 bridgehead atoms. The predicted molar refractivity (Wildman–Crippen MR) is 50.4 cm³/mol. The van der Waals surface area contributed by atoms with Gasteiger partial charge in [-0.2, -0.15) is 5.10 Å². The van der Waals surface area contributed by atoms with Gasteiger partial charge in [0.15, 0.2) is 0 Å². The minimum Gasteiger partial charge on any atom is -0.378 e. The van der Waals surface area contributed by atoms with Crippen LogP contribution in [-0.2, 0) is 11.3 Å². The van der Waals surface area contributed by atoms with E-state index in [-0.39, 0.29) is 0 Å². The molecular formula is C8H9N3OS. The standard InChI is InChI=1S/C8H9N3OS/c1-12-4-8-11-7(5-13-8)6-2-9-10-3-6/h2-3,5H,4H2,1H3,(H,9,10). The van der Waals surface area contributed by atoms with E-state index in [2.05, 4.69) is 15.2 Å². The number of ether oxygens (including phenoxy) is 1. The second-order valence-corrected chi connectivity index (χ2v) is 3.49. The van der Waals surface area contributed by atoms with Crippen molar-refractivity contribution in [2.45, 2.75) is 6.61 Å². The van der Waals surface area contributed by atoms with Crippen LogP contribution in [0, 0.1) is 0 Å². The molecule has 2 heterocycles. The van der Waals surface area contributed by atoms with E-state index in [1.54, 1.807) is 24.6 Å². The molecule has 0 aromatic carbocycles. The molecule has 4 nitrogen and oxygen atoms in total. The number of aromatic nitrogens is 3. The van der Waals surface area contributed by atoms with Crippen LogP contribution in [0.2, 0.25) is 0 Å². The van der Waals surface area contributed by atoms with Gasteiger partial charge in [-0.05, 0) is 0 Å². The Kier molecular flexibility index (Phi) is 2.37. The topological polar surface area (TPSA) is 50.8 Å². The highest BCUT2D eigenvalue weighted by Crippen LogP contribution is 2.20. The van der Waals surface area contributed by atoms with Gasteiger partial charge in [-0.25, -0.2) is 4.98 Å². The molecule has 0 spiro atoms. The Bertz CT molecular complexity index is 368. The number of thiazole rings is 1. The van der Waals surface area contributed by atoms with E-state index < -0.39 is 0 Å². The Morgan fingerprint density at radius 1 is 1.62 bits per heavy atom. The maximum atomic E-state index is 4.98. The molecule has 0 aliphatic heterocycles. The summed E-state index contributed by atoms with van der Waals surface area (Å²) in [5.74, 6) is 0. The van der Waals surface area contributed by atoms with Crippen molar-refractivity contribution in [3.8, 4) is 11.3 Å². The SMILES string of the molecule is COCc1nc(-c2cn[nH]c2)cs1. The molecule has 2 rings (SSSR count). The minimum absolute atomic E-state index is 0.572. The third-order valence-corrected chi connectivity index (χ3v) is 2.44. The summed E-state index contributed by atoms with van der Waals surface area (Å²) in [5, 5.41) is 9.60. The molecule has 5 heteroatoms. The second kappa shape index (κ2) is 3.68. The number of hydrogen-bond acceptors (Lipinski definition) is 4. The van der Waals surface area contributed by atoms with Crippen LogP contribution >= 0.6 is 11.3 Å². The lowest BCUT2D eigenvalue weighted by atomic mass is 10.3. The van der Waals surface area contributed by atoms with Crippen LogP contribution in [-0.4, -0.2) is 22.3 Å². The molecule has 0 aliphatic carbocycles. The molecule has 0 radical (unpaired) electrons. The van der Waals surface area contributed by atoms with Crippen LogP contribution in [0.15, 0.2) is 17.8 Å². The predicted octanol–water partition coefficient (Wildman–Crippen LogP) is 1.68. The molecule has 0 amide bonds. The van der Waals surface area contributed by atoms with Gasteiger partial charge in [-0.15, -0.1) is 11.3 Å². The van der Waals surface area contributed by atoms with E-state index in [1.165, 1.54) is 0 Å². The number of aromatic amines is 1. The molecule has 2 aromatic rings. The fourth-order valence-corrected chi connectivity index (χ4v) is 1.80. The van der Waals surface area contributed by atoms with E-state index in [1.807, 2.05) is 11.6 Å².